The number of amides is 1. The topological polar surface area (TPSA) is 29.1 Å². The largest absolute Gasteiger partial charge is 0.351 e. The van der Waals surface area contributed by atoms with Crippen LogP contribution in [0.4, 0.5) is 8.78 Å². The molecule has 2 nitrogen and oxygen atoms in total. The van der Waals surface area contributed by atoms with E-state index >= 15 is 0 Å². The van der Waals surface area contributed by atoms with Gasteiger partial charge in [-0.15, -0.1) is 6.58 Å². The molecule has 0 saturated carbocycles. The molecule has 0 radical (unpaired) electrons. The second-order valence-electron chi connectivity index (χ2n) is 4.62. The third kappa shape index (κ3) is 4.99. The molecule has 1 amide bonds. The normalized spacial score (nSPS) is 13.2. The number of carbonyl (C=O) groups is 1. The molecule has 0 aliphatic heterocycles. The summed E-state index contributed by atoms with van der Waals surface area (Å²) in [7, 11) is 0. The van der Waals surface area contributed by atoms with Crippen LogP contribution in [0.3, 0.4) is 0 Å². The van der Waals surface area contributed by atoms with E-state index in [0.717, 1.165) is 17.7 Å². The molecule has 1 unspecified atom stereocenters. The lowest BCUT2D eigenvalue weighted by Gasteiger charge is -2.11. The molecular formula is C17H19F2NO. The molecule has 1 rings (SSSR count). The lowest BCUT2D eigenvalue weighted by atomic mass is 10.1. The maximum atomic E-state index is 13.5. The Bertz CT molecular complexity index is 556. The Hall–Kier alpha value is -2.23. The fourth-order valence-electron chi connectivity index (χ4n) is 1.88. The van der Waals surface area contributed by atoms with Crippen molar-refractivity contribution in [3.8, 4) is 0 Å². The highest BCUT2D eigenvalue weighted by Gasteiger charge is 2.17. The SMILES string of the molecule is C=CC(C=C(C)/C=C\C)CNC(=O)c1c(F)cccc1F. The number of halogens is 2. The van der Waals surface area contributed by atoms with Crippen molar-refractivity contribution in [2.75, 3.05) is 6.54 Å². The van der Waals surface area contributed by atoms with Gasteiger partial charge in [0.1, 0.15) is 17.2 Å². The highest BCUT2D eigenvalue weighted by atomic mass is 19.1. The zero-order valence-corrected chi connectivity index (χ0v) is 12.2. The maximum absolute atomic E-state index is 13.5. The van der Waals surface area contributed by atoms with Crippen molar-refractivity contribution >= 4 is 5.91 Å². The van der Waals surface area contributed by atoms with E-state index in [9.17, 15) is 13.6 Å². The van der Waals surface area contributed by atoms with E-state index in [2.05, 4.69) is 11.9 Å². The summed E-state index contributed by atoms with van der Waals surface area (Å²) in [6.07, 6.45) is 7.42. The molecule has 1 N–H and O–H groups in total. The molecule has 0 aliphatic rings. The highest BCUT2D eigenvalue weighted by Crippen LogP contribution is 2.12. The minimum Gasteiger partial charge on any atom is -0.351 e. The fourth-order valence-corrected chi connectivity index (χ4v) is 1.88. The molecule has 0 aliphatic carbocycles. The van der Waals surface area contributed by atoms with Crippen LogP contribution in [-0.2, 0) is 0 Å². The van der Waals surface area contributed by atoms with Gasteiger partial charge >= 0.3 is 0 Å². The van der Waals surface area contributed by atoms with E-state index in [1.165, 1.54) is 6.07 Å². The number of hydrogen-bond donors (Lipinski definition) is 1. The summed E-state index contributed by atoms with van der Waals surface area (Å²) >= 11 is 0. The van der Waals surface area contributed by atoms with Crippen LogP contribution in [0.5, 0.6) is 0 Å². The first-order valence-electron chi connectivity index (χ1n) is 6.65. The quantitative estimate of drug-likeness (QED) is 0.622. The number of nitrogens with one attached hydrogen (secondary N) is 1. The minimum atomic E-state index is -0.872. The second-order valence-corrected chi connectivity index (χ2v) is 4.62. The summed E-state index contributed by atoms with van der Waals surface area (Å²) in [5.41, 5.74) is 0.461. The zero-order chi connectivity index (χ0) is 15.8. The van der Waals surface area contributed by atoms with E-state index < -0.39 is 23.1 Å². The van der Waals surface area contributed by atoms with Gasteiger partial charge in [0.15, 0.2) is 0 Å². The van der Waals surface area contributed by atoms with Gasteiger partial charge in [0.2, 0.25) is 0 Å². The highest BCUT2D eigenvalue weighted by molar-refractivity contribution is 5.94. The monoisotopic (exact) mass is 291 g/mol. The summed E-state index contributed by atoms with van der Waals surface area (Å²) in [6.45, 7) is 7.75. The minimum absolute atomic E-state index is 0.111. The molecular weight excluding hydrogens is 272 g/mol. The van der Waals surface area contributed by atoms with Gasteiger partial charge < -0.3 is 5.32 Å². The summed E-state index contributed by atoms with van der Waals surface area (Å²) in [6, 6.07) is 3.33. The molecule has 0 saturated heterocycles. The average molecular weight is 291 g/mol. The van der Waals surface area contributed by atoms with Crippen LogP contribution in [0, 0.1) is 17.6 Å². The van der Waals surface area contributed by atoms with Gasteiger partial charge in [-0.25, -0.2) is 8.78 Å². The predicted octanol–water partition coefficient (Wildman–Crippen LogP) is 4.02. The number of carbonyl (C=O) groups excluding carboxylic acids is 1. The summed E-state index contributed by atoms with van der Waals surface area (Å²) < 4.78 is 27.0. The Morgan fingerprint density at radius 3 is 2.52 bits per heavy atom. The van der Waals surface area contributed by atoms with Crippen molar-refractivity contribution in [1.82, 2.24) is 5.32 Å². The smallest absolute Gasteiger partial charge is 0.257 e. The first-order chi connectivity index (χ1) is 9.99. The van der Waals surface area contributed by atoms with Crippen LogP contribution in [0.1, 0.15) is 24.2 Å². The predicted molar refractivity (Wildman–Crippen MR) is 80.9 cm³/mol. The van der Waals surface area contributed by atoms with Gasteiger partial charge in [-0.1, -0.05) is 35.9 Å². The lowest BCUT2D eigenvalue weighted by Crippen LogP contribution is -2.29. The Balaban J connectivity index is 2.75. The number of benzene rings is 1. The van der Waals surface area contributed by atoms with E-state index in [1.807, 2.05) is 32.1 Å². The number of rotatable bonds is 6. The molecule has 1 atom stereocenters. The maximum Gasteiger partial charge on any atom is 0.257 e. The van der Waals surface area contributed by atoms with Gasteiger partial charge in [0.05, 0.1) is 0 Å². The standard InChI is InChI=1S/C17H19F2NO/c1-4-7-12(3)10-13(5-2)11-20-17(21)16-14(18)8-6-9-15(16)19/h4-10,13H,2,11H2,1,3H3,(H,20,21)/b7-4-,12-10?. The van der Waals surface area contributed by atoms with Crippen molar-refractivity contribution in [2.45, 2.75) is 13.8 Å². The Kier molecular flexibility index (Phi) is 6.53. The van der Waals surface area contributed by atoms with Gasteiger partial charge in [-0.3, -0.25) is 4.79 Å². The van der Waals surface area contributed by atoms with Crippen LogP contribution in [0.2, 0.25) is 0 Å². The molecule has 0 aromatic heterocycles. The molecule has 112 valence electrons. The van der Waals surface area contributed by atoms with Crippen LogP contribution in [0.25, 0.3) is 0 Å². The van der Waals surface area contributed by atoms with E-state index in [4.69, 9.17) is 0 Å². The lowest BCUT2D eigenvalue weighted by molar-refractivity contribution is 0.0943. The molecule has 21 heavy (non-hydrogen) atoms. The molecule has 0 heterocycles. The molecule has 1 aromatic carbocycles. The fraction of sp³-hybridized carbons (Fsp3) is 0.235. The van der Waals surface area contributed by atoms with Gasteiger partial charge in [0.25, 0.3) is 5.91 Å². The van der Waals surface area contributed by atoms with Crippen LogP contribution >= 0.6 is 0 Å². The summed E-state index contributed by atoms with van der Waals surface area (Å²) in [5.74, 6) is -2.62. The first kappa shape index (κ1) is 16.8. The number of hydrogen-bond acceptors (Lipinski definition) is 1. The molecule has 0 spiro atoms. The van der Waals surface area contributed by atoms with Crippen molar-refractivity contribution in [3.63, 3.8) is 0 Å². The molecule has 4 heteroatoms. The third-order valence-corrected chi connectivity index (χ3v) is 2.90. The van der Waals surface area contributed by atoms with Crippen molar-refractivity contribution in [3.05, 3.63) is 71.9 Å². The van der Waals surface area contributed by atoms with Crippen molar-refractivity contribution < 1.29 is 13.6 Å². The Morgan fingerprint density at radius 1 is 1.38 bits per heavy atom. The Morgan fingerprint density at radius 2 is 2.00 bits per heavy atom. The molecule has 1 aromatic rings. The van der Waals surface area contributed by atoms with Crippen molar-refractivity contribution in [1.29, 1.82) is 0 Å². The number of allylic oxidation sites excluding steroid dienone is 3. The van der Waals surface area contributed by atoms with E-state index in [-0.39, 0.29) is 12.5 Å². The average Bonchev–Trinajstić information content (AvgIpc) is 2.43. The molecule has 0 bridgehead atoms. The summed E-state index contributed by atoms with van der Waals surface area (Å²) in [5, 5.41) is 2.52. The van der Waals surface area contributed by atoms with E-state index in [0.29, 0.717) is 0 Å². The third-order valence-electron chi connectivity index (χ3n) is 2.90. The van der Waals surface area contributed by atoms with Gasteiger partial charge in [-0.05, 0) is 26.0 Å². The second kappa shape index (κ2) is 8.15. The Labute approximate surface area is 123 Å². The van der Waals surface area contributed by atoms with Crippen LogP contribution in [-0.4, -0.2) is 12.5 Å². The first-order valence-corrected chi connectivity index (χ1v) is 6.65. The van der Waals surface area contributed by atoms with E-state index in [1.54, 1.807) is 6.08 Å². The van der Waals surface area contributed by atoms with Gasteiger partial charge in [0, 0.05) is 12.5 Å². The van der Waals surface area contributed by atoms with Gasteiger partial charge in [-0.2, -0.15) is 0 Å². The van der Waals surface area contributed by atoms with Crippen molar-refractivity contribution in [2.24, 2.45) is 5.92 Å². The van der Waals surface area contributed by atoms with Crippen LogP contribution < -0.4 is 5.32 Å². The van der Waals surface area contributed by atoms with Crippen LogP contribution in [0.15, 0.2) is 54.7 Å². The zero-order valence-electron chi connectivity index (χ0n) is 12.2. The summed E-state index contributed by atoms with van der Waals surface area (Å²) in [4.78, 5) is 11.9. The molecule has 0 fully saturated rings.